The van der Waals surface area contributed by atoms with Crippen molar-refractivity contribution in [2.45, 2.75) is 38.1 Å². The van der Waals surface area contributed by atoms with Crippen LogP contribution in [0.3, 0.4) is 0 Å². The molecular weight excluding hydrogens is 404 g/mol. The van der Waals surface area contributed by atoms with Crippen molar-refractivity contribution < 1.29 is 17.7 Å². The van der Waals surface area contributed by atoms with Gasteiger partial charge in [-0.25, -0.2) is 13.1 Å². The highest BCUT2D eigenvalue weighted by atomic mass is 32.2. The fourth-order valence-corrected chi connectivity index (χ4v) is 4.56. The number of hydrogen-bond donors (Lipinski definition) is 1. The average Bonchev–Trinajstić information content (AvgIpc) is 3.20. The van der Waals surface area contributed by atoms with Gasteiger partial charge in [-0.05, 0) is 49.6 Å². The van der Waals surface area contributed by atoms with Crippen LogP contribution in [0.15, 0.2) is 51.9 Å². The first-order chi connectivity index (χ1) is 14.3. The van der Waals surface area contributed by atoms with Crippen molar-refractivity contribution in [2.24, 2.45) is 0 Å². The van der Waals surface area contributed by atoms with Crippen molar-refractivity contribution in [2.75, 3.05) is 11.4 Å². The van der Waals surface area contributed by atoms with Crippen LogP contribution in [0.2, 0.25) is 0 Å². The molecule has 1 amide bonds. The molecule has 2 heterocycles. The summed E-state index contributed by atoms with van der Waals surface area (Å²) in [7, 11) is -3.77. The zero-order valence-corrected chi connectivity index (χ0v) is 17.6. The van der Waals surface area contributed by atoms with E-state index in [1.165, 1.54) is 13.0 Å². The minimum atomic E-state index is -3.77. The lowest BCUT2D eigenvalue weighted by Gasteiger charge is -2.28. The summed E-state index contributed by atoms with van der Waals surface area (Å²) < 4.78 is 33.2. The number of fused-ring (bicyclic) bond motifs is 1. The Balaban J connectivity index is 1.50. The number of carbonyl (C=O) groups is 1. The maximum absolute atomic E-state index is 12.7. The Morgan fingerprint density at radius 2 is 2.07 bits per heavy atom. The fourth-order valence-electron chi connectivity index (χ4n) is 3.54. The molecule has 0 atom stereocenters. The normalized spacial score (nSPS) is 13.9. The van der Waals surface area contributed by atoms with E-state index in [0.717, 1.165) is 35.2 Å². The van der Waals surface area contributed by atoms with Crippen molar-refractivity contribution in [1.82, 2.24) is 14.9 Å². The van der Waals surface area contributed by atoms with Gasteiger partial charge >= 0.3 is 0 Å². The van der Waals surface area contributed by atoms with E-state index in [1.807, 2.05) is 31.2 Å². The summed E-state index contributed by atoms with van der Waals surface area (Å²) in [6.07, 6.45) is 1.53. The van der Waals surface area contributed by atoms with Crippen LogP contribution in [-0.4, -0.2) is 31.0 Å². The second-order valence-corrected chi connectivity index (χ2v) is 9.04. The minimum Gasteiger partial charge on any atom is -0.338 e. The molecule has 1 aliphatic rings. The third-order valence-electron chi connectivity index (χ3n) is 5.02. The molecule has 9 heteroatoms. The number of anilines is 1. The summed E-state index contributed by atoms with van der Waals surface area (Å²) in [6.45, 7) is 4.01. The van der Waals surface area contributed by atoms with Crippen molar-refractivity contribution in [3.63, 3.8) is 0 Å². The number of amides is 1. The van der Waals surface area contributed by atoms with Gasteiger partial charge in [-0.2, -0.15) is 4.98 Å². The Morgan fingerprint density at radius 3 is 2.83 bits per heavy atom. The van der Waals surface area contributed by atoms with Crippen LogP contribution in [0.5, 0.6) is 0 Å². The van der Waals surface area contributed by atoms with E-state index in [4.69, 9.17) is 4.52 Å². The maximum atomic E-state index is 12.7. The van der Waals surface area contributed by atoms with Gasteiger partial charge in [-0.1, -0.05) is 28.9 Å². The van der Waals surface area contributed by atoms with Gasteiger partial charge in [0, 0.05) is 24.7 Å². The molecule has 0 bridgehead atoms. The summed E-state index contributed by atoms with van der Waals surface area (Å²) >= 11 is 0. The first kappa shape index (κ1) is 20.2. The fraction of sp³-hybridized carbons (Fsp3) is 0.286. The Morgan fingerprint density at radius 1 is 1.23 bits per heavy atom. The van der Waals surface area contributed by atoms with Crippen LogP contribution in [0.1, 0.15) is 30.4 Å². The second kappa shape index (κ2) is 8.00. The van der Waals surface area contributed by atoms with Crippen LogP contribution in [0, 0.1) is 6.92 Å². The molecule has 0 saturated heterocycles. The Hall–Kier alpha value is -3.04. The molecule has 0 radical (unpaired) electrons. The third kappa shape index (κ3) is 4.12. The molecule has 3 aromatic rings. The summed E-state index contributed by atoms with van der Waals surface area (Å²) in [5.74, 6) is 0.535. The van der Waals surface area contributed by atoms with Gasteiger partial charge in [0.1, 0.15) is 0 Å². The molecule has 4 rings (SSSR count). The molecule has 0 aliphatic carbocycles. The van der Waals surface area contributed by atoms with Crippen molar-refractivity contribution in [1.29, 1.82) is 0 Å². The van der Waals surface area contributed by atoms with Crippen molar-refractivity contribution in [3.05, 3.63) is 59.5 Å². The molecule has 0 saturated carbocycles. The van der Waals surface area contributed by atoms with E-state index in [0.29, 0.717) is 12.4 Å². The zero-order chi connectivity index (χ0) is 21.3. The number of benzene rings is 2. The molecule has 1 N–H and O–H groups in total. The van der Waals surface area contributed by atoms with Crippen LogP contribution in [0.4, 0.5) is 5.69 Å². The monoisotopic (exact) mass is 426 g/mol. The van der Waals surface area contributed by atoms with Gasteiger partial charge in [-0.15, -0.1) is 0 Å². The molecule has 0 unspecified atom stereocenters. The van der Waals surface area contributed by atoms with Crippen LogP contribution in [0.25, 0.3) is 11.4 Å². The summed E-state index contributed by atoms with van der Waals surface area (Å²) in [6, 6.07) is 12.5. The van der Waals surface area contributed by atoms with Crippen LogP contribution in [-0.2, 0) is 27.8 Å². The van der Waals surface area contributed by atoms with Crippen LogP contribution >= 0.6 is 0 Å². The lowest BCUT2D eigenvalue weighted by Crippen LogP contribution is -2.33. The standard InChI is InChI=1S/C21H22N4O4S/c1-14-5-3-6-17(11-14)21-23-20(29-24-21)13-22-30(27,28)18-8-9-19-16(12-18)7-4-10-25(19)15(2)26/h3,5-6,8-9,11-12,22H,4,7,10,13H2,1-2H3. The number of nitrogens with one attached hydrogen (secondary N) is 1. The van der Waals surface area contributed by atoms with Crippen molar-refractivity contribution in [3.8, 4) is 11.4 Å². The molecule has 0 fully saturated rings. The number of rotatable bonds is 5. The predicted molar refractivity (Wildman–Crippen MR) is 111 cm³/mol. The number of nitrogens with zero attached hydrogens (tertiary/aromatic N) is 3. The minimum absolute atomic E-state index is 0.0505. The molecule has 1 aliphatic heterocycles. The van der Waals surface area contributed by atoms with E-state index in [9.17, 15) is 13.2 Å². The molecular formula is C21H22N4O4S. The third-order valence-corrected chi connectivity index (χ3v) is 6.42. The largest absolute Gasteiger partial charge is 0.338 e. The molecule has 2 aromatic carbocycles. The van der Waals surface area contributed by atoms with Crippen LogP contribution < -0.4 is 9.62 Å². The summed E-state index contributed by atoms with van der Waals surface area (Å²) in [4.78, 5) is 17.9. The van der Waals surface area contributed by atoms with Gasteiger partial charge in [0.2, 0.25) is 27.6 Å². The Labute approximate surface area is 175 Å². The Bertz CT molecular complexity index is 1200. The quantitative estimate of drug-likeness (QED) is 0.673. The lowest BCUT2D eigenvalue weighted by atomic mass is 10.0. The molecule has 8 nitrogen and oxygen atoms in total. The predicted octanol–water partition coefficient (Wildman–Crippen LogP) is 2.82. The molecule has 156 valence electrons. The van der Waals surface area contributed by atoms with E-state index < -0.39 is 10.0 Å². The Kier molecular flexibility index (Phi) is 5.40. The first-order valence-electron chi connectivity index (χ1n) is 9.64. The molecule has 1 aromatic heterocycles. The number of sulfonamides is 1. The topological polar surface area (TPSA) is 105 Å². The molecule has 0 spiro atoms. The highest BCUT2D eigenvalue weighted by molar-refractivity contribution is 7.89. The first-order valence-corrected chi connectivity index (χ1v) is 11.1. The number of carbonyl (C=O) groups excluding carboxylic acids is 1. The van der Waals surface area contributed by atoms with E-state index >= 15 is 0 Å². The van der Waals surface area contributed by atoms with Gasteiger partial charge in [-0.3, -0.25) is 4.79 Å². The average molecular weight is 426 g/mol. The van der Waals surface area contributed by atoms with Gasteiger partial charge in [0.25, 0.3) is 0 Å². The van der Waals surface area contributed by atoms with Gasteiger partial charge < -0.3 is 9.42 Å². The smallest absolute Gasteiger partial charge is 0.242 e. The highest BCUT2D eigenvalue weighted by Gasteiger charge is 2.23. The number of aromatic nitrogens is 2. The van der Waals surface area contributed by atoms with E-state index in [-0.39, 0.29) is 23.2 Å². The lowest BCUT2D eigenvalue weighted by molar-refractivity contribution is -0.116. The molecule has 30 heavy (non-hydrogen) atoms. The second-order valence-electron chi connectivity index (χ2n) is 7.27. The van der Waals surface area contributed by atoms with Gasteiger partial charge in [0.05, 0.1) is 11.4 Å². The summed E-state index contributed by atoms with van der Waals surface area (Å²) in [5.41, 5.74) is 3.49. The van der Waals surface area contributed by atoms with E-state index in [1.54, 1.807) is 17.0 Å². The SMILES string of the molecule is CC(=O)N1CCCc2cc(S(=O)(=O)NCc3nc(-c4cccc(C)c4)no3)ccc21. The van der Waals surface area contributed by atoms with E-state index in [2.05, 4.69) is 14.9 Å². The zero-order valence-electron chi connectivity index (χ0n) is 16.8. The van der Waals surface area contributed by atoms with Gasteiger partial charge in [0.15, 0.2) is 0 Å². The van der Waals surface area contributed by atoms with Crippen molar-refractivity contribution >= 4 is 21.6 Å². The number of hydrogen-bond acceptors (Lipinski definition) is 6. The maximum Gasteiger partial charge on any atom is 0.242 e. The highest BCUT2D eigenvalue weighted by Crippen LogP contribution is 2.29. The summed E-state index contributed by atoms with van der Waals surface area (Å²) in [5, 5.41) is 3.93. The number of aryl methyl sites for hydroxylation is 2.